The second kappa shape index (κ2) is 6.41. The van der Waals surface area contributed by atoms with Crippen LogP contribution in [0, 0.1) is 13.8 Å². The fourth-order valence-electron chi connectivity index (χ4n) is 2.39. The summed E-state index contributed by atoms with van der Waals surface area (Å²) < 4.78 is 0. The molecule has 1 saturated heterocycles. The Kier molecular flexibility index (Phi) is 4.86. The molecule has 1 aromatic heterocycles. The first-order valence-electron chi connectivity index (χ1n) is 6.55. The van der Waals surface area contributed by atoms with Crippen LogP contribution in [0.1, 0.15) is 36.9 Å². The van der Waals surface area contributed by atoms with Crippen LogP contribution in [-0.4, -0.2) is 23.3 Å². The van der Waals surface area contributed by atoms with Gasteiger partial charge in [0.15, 0.2) is 0 Å². The molecule has 0 bridgehead atoms. The molecular formula is C14H22N2S. The molecule has 2 rings (SSSR count). The van der Waals surface area contributed by atoms with Gasteiger partial charge in [-0.05, 0) is 69.5 Å². The van der Waals surface area contributed by atoms with Gasteiger partial charge in [-0.1, -0.05) is 0 Å². The molecule has 1 aromatic rings. The Hall–Kier alpha value is -0.540. The molecule has 1 atom stereocenters. The van der Waals surface area contributed by atoms with Gasteiger partial charge in [-0.15, -0.1) is 11.8 Å². The van der Waals surface area contributed by atoms with Crippen LogP contribution in [0.4, 0.5) is 0 Å². The fraction of sp³-hybridized carbons (Fsp3) is 0.643. The Labute approximate surface area is 109 Å². The molecule has 0 radical (unpaired) electrons. The predicted octanol–water partition coefficient (Wildman–Crippen LogP) is 3.32. The summed E-state index contributed by atoms with van der Waals surface area (Å²) in [6.45, 7) is 5.43. The zero-order chi connectivity index (χ0) is 12.1. The first-order valence-corrected chi connectivity index (χ1v) is 7.54. The molecule has 2 heterocycles. The van der Waals surface area contributed by atoms with Crippen molar-refractivity contribution in [2.75, 3.05) is 12.3 Å². The Morgan fingerprint density at radius 1 is 1.41 bits per heavy atom. The quantitative estimate of drug-likeness (QED) is 0.641. The largest absolute Gasteiger partial charge is 0.314 e. The molecule has 0 aliphatic carbocycles. The van der Waals surface area contributed by atoms with Gasteiger partial charge in [0.25, 0.3) is 0 Å². The molecule has 2 nitrogen and oxygen atoms in total. The van der Waals surface area contributed by atoms with E-state index >= 15 is 0 Å². The van der Waals surface area contributed by atoms with Crippen molar-refractivity contribution in [1.29, 1.82) is 0 Å². The lowest BCUT2D eigenvalue weighted by molar-refractivity contribution is 0.553. The van der Waals surface area contributed by atoms with Crippen molar-refractivity contribution in [3.05, 3.63) is 23.4 Å². The summed E-state index contributed by atoms with van der Waals surface area (Å²) in [5.41, 5.74) is 2.45. The maximum atomic E-state index is 4.55. The van der Waals surface area contributed by atoms with Gasteiger partial charge in [0.1, 0.15) is 0 Å². The lowest BCUT2D eigenvalue weighted by Crippen LogP contribution is -2.20. The van der Waals surface area contributed by atoms with E-state index in [1.165, 1.54) is 48.6 Å². The summed E-state index contributed by atoms with van der Waals surface area (Å²) >= 11 is 1.89. The Morgan fingerprint density at radius 3 is 3.00 bits per heavy atom. The third-order valence-electron chi connectivity index (χ3n) is 3.18. The minimum Gasteiger partial charge on any atom is -0.314 e. The highest BCUT2D eigenvalue weighted by atomic mass is 32.2. The summed E-state index contributed by atoms with van der Waals surface area (Å²) in [4.78, 5) is 4.55. The molecule has 0 spiro atoms. The fourth-order valence-corrected chi connectivity index (χ4v) is 3.39. The third kappa shape index (κ3) is 4.32. The van der Waals surface area contributed by atoms with E-state index in [0.717, 1.165) is 11.7 Å². The molecule has 0 aromatic carbocycles. The van der Waals surface area contributed by atoms with Crippen LogP contribution in [0.5, 0.6) is 0 Å². The Morgan fingerprint density at radius 2 is 2.29 bits per heavy atom. The monoisotopic (exact) mass is 250 g/mol. The van der Waals surface area contributed by atoms with E-state index in [-0.39, 0.29) is 0 Å². The van der Waals surface area contributed by atoms with Crippen molar-refractivity contribution in [2.24, 2.45) is 0 Å². The lowest BCUT2D eigenvalue weighted by Gasteiger charge is -2.09. The van der Waals surface area contributed by atoms with Gasteiger partial charge >= 0.3 is 0 Å². The minimum atomic E-state index is 0.780. The molecule has 3 heteroatoms. The number of nitrogens with zero attached hydrogens (tertiary/aromatic N) is 1. The maximum Gasteiger partial charge on any atom is 0.0965 e. The summed E-state index contributed by atoms with van der Waals surface area (Å²) in [6.07, 6.45) is 5.33. The van der Waals surface area contributed by atoms with Crippen LogP contribution >= 0.6 is 11.8 Å². The van der Waals surface area contributed by atoms with Gasteiger partial charge in [0.2, 0.25) is 0 Å². The van der Waals surface area contributed by atoms with E-state index in [9.17, 15) is 0 Å². The van der Waals surface area contributed by atoms with Crippen molar-refractivity contribution in [1.82, 2.24) is 10.3 Å². The Bertz CT molecular complexity index is 339. The second-order valence-electron chi connectivity index (χ2n) is 4.91. The number of nitrogens with one attached hydrogen (secondary N) is 1. The van der Waals surface area contributed by atoms with Gasteiger partial charge in [-0.25, -0.2) is 4.98 Å². The SMILES string of the molecule is Cc1cc(C)nc(SCCCC2CCCN2)c1. The van der Waals surface area contributed by atoms with E-state index in [2.05, 4.69) is 36.3 Å². The topological polar surface area (TPSA) is 24.9 Å². The van der Waals surface area contributed by atoms with Gasteiger partial charge in [-0.2, -0.15) is 0 Å². The number of hydrogen-bond acceptors (Lipinski definition) is 3. The van der Waals surface area contributed by atoms with Crippen LogP contribution < -0.4 is 5.32 Å². The van der Waals surface area contributed by atoms with Gasteiger partial charge in [0.05, 0.1) is 5.03 Å². The second-order valence-corrected chi connectivity index (χ2v) is 6.02. The average molecular weight is 250 g/mol. The number of aromatic nitrogens is 1. The maximum absolute atomic E-state index is 4.55. The Balaban J connectivity index is 1.70. The first-order chi connectivity index (χ1) is 8.24. The van der Waals surface area contributed by atoms with Gasteiger partial charge in [0, 0.05) is 11.7 Å². The first kappa shape index (κ1) is 12.9. The molecule has 1 aliphatic heterocycles. The van der Waals surface area contributed by atoms with Crippen LogP contribution in [0.2, 0.25) is 0 Å². The van der Waals surface area contributed by atoms with Gasteiger partial charge < -0.3 is 5.32 Å². The highest BCUT2D eigenvalue weighted by molar-refractivity contribution is 7.99. The number of hydrogen-bond donors (Lipinski definition) is 1. The third-order valence-corrected chi connectivity index (χ3v) is 4.18. The standard InChI is InChI=1S/C14H22N2S/c1-11-9-12(2)16-14(10-11)17-8-4-6-13-5-3-7-15-13/h9-10,13,15H,3-8H2,1-2H3. The van der Waals surface area contributed by atoms with Crippen molar-refractivity contribution in [3.8, 4) is 0 Å². The van der Waals surface area contributed by atoms with Crippen molar-refractivity contribution < 1.29 is 0 Å². The number of aryl methyl sites for hydroxylation is 2. The van der Waals surface area contributed by atoms with Crippen LogP contribution in [0.15, 0.2) is 17.2 Å². The molecule has 1 fully saturated rings. The van der Waals surface area contributed by atoms with Crippen LogP contribution in [-0.2, 0) is 0 Å². The van der Waals surface area contributed by atoms with E-state index in [0.29, 0.717) is 0 Å². The molecule has 1 unspecified atom stereocenters. The summed E-state index contributed by atoms with van der Waals surface area (Å²) in [6, 6.07) is 5.10. The molecular weight excluding hydrogens is 228 g/mol. The van der Waals surface area contributed by atoms with Crippen LogP contribution in [0.25, 0.3) is 0 Å². The molecule has 1 aliphatic rings. The number of rotatable bonds is 5. The highest BCUT2D eigenvalue weighted by Gasteiger charge is 2.12. The van der Waals surface area contributed by atoms with E-state index in [1.54, 1.807) is 0 Å². The molecule has 1 N–H and O–H groups in total. The zero-order valence-corrected chi connectivity index (χ0v) is 11.6. The minimum absolute atomic E-state index is 0.780. The number of thioether (sulfide) groups is 1. The van der Waals surface area contributed by atoms with Crippen molar-refractivity contribution in [2.45, 2.75) is 50.6 Å². The normalized spacial score (nSPS) is 19.8. The van der Waals surface area contributed by atoms with Crippen molar-refractivity contribution >= 4 is 11.8 Å². The van der Waals surface area contributed by atoms with Crippen LogP contribution in [0.3, 0.4) is 0 Å². The highest BCUT2D eigenvalue weighted by Crippen LogP contribution is 2.20. The molecule has 0 amide bonds. The average Bonchev–Trinajstić information content (AvgIpc) is 2.76. The summed E-state index contributed by atoms with van der Waals surface area (Å²) in [5, 5.41) is 4.73. The summed E-state index contributed by atoms with van der Waals surface area (Å²) in [5.74, 6) is 1.19. The summed E-state index contributed by atoms with van der Waals surface area (Å²) in [7, 11) is 0. The van der Waals surface area contributed by atoms with E-state index < -0.39 is 0 Å². The number of pyridine rings is 1. The van der Waals surface area contributed by atoms with Gasteiger partial charge in [-0.3, -0.25) is 0 Å². The van der Waals surface area contributed by atoms with Crippen molar-refractivity contribution in [3.63, 3.8) is 0 Å². The van der Waals surface area contributed by atoms with E-state index in [4.69, 9.17) is 0 Å². The lowest BCUT2D eigenvalue weighted by atomic mass is 10.1. The molecule has 0 saturated carbocycles. The smallest absolute Gasteiger partial charge is 0.0965 e. The molecule has 17 heavy (non-hydrogen) atoms. The predicted molar refractivity (Wildman–Crippen MR) is 74.7 cm³/mol. The molecule has 94 valence electrons. The van der Waals surface area contributed by atoms with E-state index in [1.807, 2.05) is 11.8 Å². The zero-order valence-electron chi connectivity index (χ0n) is 10.8.